The number of ether oxygens (including phenoxy) is 1. The summed E-state index contributed by atoms with van der Waals surface area (Å²) in [7, 11) is 0. The second-order valence-corrected chi connectivity index (χ2v) is 15.9. The Hall–Kier alpha value is 0.190. The van der Waals surface area contributed by atoms with Crippen LogP contribution in [-0.2, 0) is 21.7 Å². The highest BCUT2D eigenvalue weighted by Crippen LogP contribution is 2.48. The number of hydrogen-bond donors (Lipinski definition) is 1. The molecule has 0 amide bonds. The minimum absolute atomic E-state index is 0.0292. The summed E-state index contributed by atoms with van der Waals surface area (Å²) in [5.74, 6) is -0.0292. The van der Waals surface area contributed by atoms with Gasteiger partial charge in [-0.05, 0) is 47.7 Å². The first-order chi connectivity index (χ1) is 17.5. The van der Waals surface area contributed by atoms with Gasteiger partial charge in [0.2, 0.25) is 11.4 Å². The average molecular weight is 698 g/mol. The van der Waals surface area contributed by atoms with Crippen molar-refractivity contribution in [3.05, 3.63) is 106 Å². The molecule has 2 atom stereocenters. The van der Waals surface area contributed by atoms with Gasteiger partial charge in [0.05, 0.1) is 6.61 Å². The summed E-state index contributed by atoms with van der Waals surface area (Å²) in [6.07, 6.45) is 0. The van der Waals surface area contributed by atoms with Crippen LogP contribution in [-0.4, -0.2) is 12.6 Å². The minimum atomic E-state index is -1.69. The largest absolute Gasteiger partial charge is 0.360 e. The second-order valence-electron chi connectivity index (χ2n) is 9.06. The van der Waals surface area contributed by atoms with E-state index in [2.05, 4.69) is 0 Å². The number of benzene rings is 3. The van der Waals surface area contributed by atoms with Crippen molar-refractivity contribution in [2.24, 2.45) is 11.7 Å². The van der Waals surface area contributed by atoms with Gasteiger partial charge in [-0.2, -0.15) is 0 Å². The van der Waals surface area contributed by atoms with Gasteiger partial charge in [0.25, 0.3) is 0 Å². The molecule has 0 spiro atoms. The lowest BCUT2D eigenvalue weighted by Crippen LogP contribution is -2.38. The van der Waals surface area contributed by atoms with E-state index in [-0.39, 0.29) is 18.6 Å². The quantitative estimate of drug-likeness (QED) is 0.197. The van der Waals surface area contributed by atoms with Gasteiger partial charge in [-0.3, -0.25) is 0 Å². The van der Waals surface area contributed by atoms with Crippen molar-refractivity contribution >= 4 is 104 Å². The van der Waals surface area contributed by atoms with E-state index in [0.717, 1.165) is 0 Å². The normalized spacial score (nSPS) is 14.8. The van der Waals surface area contributed by atoms with Gasteiger partial charge in [0.1, 0.15) is 5.60 Å². The van der Waals surface area contributed by atoms with Gasteiger partial charge in [-0.1, -0.05) is 166 Å². The van der Waals surface area contributed by atoms with Crippen molar-refractivity contribution in [2.45, 2.75) is 36.9 Å². The molecule has 0 aliphatic carbocycles. The molecule has 0 saturated heterocycles. The van der Waals surface area contributed by atoms with Crippen LogP contribution in [0, 0.1) is 5.92 Å². The molecular weight excluding hydrogens is 673 g/mol. The van der Waals surface area contributed by atoms with Gasteiger partial charge < -0.3 is 10.5 Å². The van der Waals surface area contributed by atoms with Crippen molar-refractivity contribution in [1.82, 2.24) is 0 Å². The molecule has 3 aromatic carbocycles. The molecule has 3 aromatic rings. The molecule has 2 nitrogen and oxygen atoms in total. The zero-order chi connectivity index (χ0) is 28.5. The third-order valence-electron chi connectivity index (χ3n) is 6.25. The summed E-state index contributed by atoms with van der Waals surface area (Å²) in [6.45, 7) is 4.15. The molecule has 0 radical (unpaired) electrons. The first kappa shape index (κ1) is 32.7. The second kappa shape index (κ2) is 12.6. The Kier molecular flexibility index (Phi) is 10.8. The fourth-order valence-electron chi connectivity index (χ4n) is 3.90. The lowest BCUT2D eigenvalue weighted by atomic mass is 9.78. The number of nitrogens with two attached hydrogens (primary N) is 1. The van der Waals surface area contributed by atoms with Gasteiger partial charge in [0, 0.05) is 22.7 Å². The summed E-state index contributed by atoms with van der Waals surface area (Å²) in [5, 5.41) is 0. The maximum atomic E-state index is 6.85. The summed E-state index contributed by atoms with van der Waals surface area (Å²) in [4.78, 5) is 0. The van der Waals surface area contributed by atoms with E-state index < -0.39 is 17.0 Å². The first-order valence-electron chi connectivity index (χ1n) is 11.4. The van der Waals surface area contributed by atoms with Crippen LogP contribution in [0.5, 0.6) is 0 Å². The monoisotopic (exact) mass is 693 g/mol. The van der Waals surface area contributed by atoms with Gasteiger partial charge in [-0.25, -0.2) is 0 Å². The standard InChI is InChI=1S/C27H24Cl9NO/c1-16(17(2)37)15-38-24(18-6-3-9-21(12-18)25(28,29)30,19-7-4-10-22(13-19)26(31,32)33)20-8-5-11-23(14-20)27(34,35)36/h3-14,16-17H,15,37H2,1-2H3. The van der Waals surface area contributed by atoms with Crippen LogP contribution in [0.25, 0.3) is 0 Å². The molecule has 11 heteroatoms. The molecule has 0 saturated carbocycles. The van der Waals surface area contributed by atoms with Crippen LogP contribution in [0.2, 0.25) is 0 Å². The molecular formula is C27H24Cl9NO. The van der Waals surface area contributed by atoms with Gasteiger partial charge in [-0.15, -0.1) is 0 Å². The van der Waals surface area contributed by atoms with Crippen LogP contribution in [0.1, 0.15) is 47.2 Å². The van der Waals surface area contributed by atoms with E-state index in [1.807, 2.05) is 32.0 Å². The zero-order valence-electron chi connectivity index (χ0n) is 20.2. The lowest BCUT2D eigenvalue weighted by molar-refractivity contribution is -0.00849. The molecule has 2 N–H and O–H groups in total. The lowest BCUT2D eigenvalue weighted by Gasteiger charge is -2.38. The van der Waals surface area contributed by atoms with E-state index in [4.69, 9.17) is 115 Å². The molecule has 0 fully saturated rings. The van der Waals surface area contributed by atoms with Crippen molar-refractivity contribution in [3.8, 4) is 0 Å². The highest BCUT2D eigenvalue weighted by atomic mass is 35.6. The van der Waals surface area contributed by atoms with Crippen molar-refractivity contribution in [1.29, 1.82) is 0 Å². The summed E-state index contributed by atoms with van der Waals surface area (Å²) in [6, 6.07) is 21.2. The van der Waals surface area contributed by atoms with Crippen molar-refractivity contribution < 1.29 is 4.74 Å². The SMILES string of the molecule is CC(N)C(C)COC(c1cccc(C(Cl)(Cl)Cl)c1)(c1cccc(C(Cl)(Cl)Cl)c1)c1cccc(C(Cl)(Cl)Cl)c1. The summed E-state index contributed by atoms with van der Waals surface area (Å²) >= 11 is 56.5. The van der Waals surface area contributed by atoms with Crippen LogP contribution >= 0.6 is 104 Å². The molecule has 0 heterocycles. The number of hydrogen-bond acceptors (Lipinski definition) is 2. The molecule has 0 aliphatic heterocycles. The smallest absolute Gasteiger partial charge is 0.216 e. The molecule has 0 bridgehead atoms. The van der Waals surface area contributed by atoms with Crippen LogP contribution in [0.4, 0.5) is 0 Å². The molecule has 3 rings (SSSR count). The zero-order valence-corrected chi connectivity index (χ0v) is 27.0. The molecule has 0 aliphatic rings. The highest BCUT2D eigenvalue weighted by Gasteiger charge is 2.41. The Labute approximate surface area is 268 Å². The van der Waals surface area contributed by atoms with E-state index in [0.29, 0.717) is 33.4 Å². The number of rotatable bonds is 7. The van der Waals surface area contributed by atoms with Crippen molar-refractivity contribution in [2.75, 3.05) is 6.61 Å². The predicted octanol–water partition coefficient (Wildman–Crippen LogP) is 10.5. The molecule has 206 valence electrons. The summed E-state index contributed by atoms with van der Waals surface area (Å²) < 4.78 is 1.76. The number of halogens is 9. The van der Waals surface area contributed by atoms with Gasteiger partial charge >= 0.3 is 0 Å². The summed E-state index contributed by atoms with van der Waals surface area (Å²) in [5.41, 5.74) is 8.10. The van der Waals surface area contributed by atoms with E-state index in [1.54, 1.807) is 54.6 Å². The third-order valence-corrected chi connectivity index (χ3v) is 8.21. The minimum Gasteiger partial charge on any atom is -0.360 e. The van der Waals surface area contributed by atoms with Crippen LogP contribution in [0.3, 0.4) is 0 Å². The van der Waals surface area contributed by atoms with Crippen LogP contribution < -0.4 is 5.73 Å². The Morgan fingerprint density at radius 1 is 0.579 bits per heavy atom. The Morgan fingerprint density at radius 3 is 1.13 bits per heavy atom. The van der Waals surface area contributed by atoms with Gasteiger partial charge in [0.15, 0.2) is 0 Å². The predicted molar refractivity (Wildman–Crippen MR) is 166 cm³/mol. The Bertz CT molecular complexity index is 1110. The third kappa shape index (κ3) is 7.72. The first-order valence-corrected chi connectivity index (χ1v) is 14.8. The number of alkyl halides is 9. The van der Waals surface area contributed by atoms with E-state index in [9.17, 15) is 0 Å². The maximum Gasteiger partial charge on any atom is 0.216 e. The van der Waals surface area contributed by atoms with Crippen molar-refractivity contribution in [3.63, 3.8) is 0 Å². The Balaban J connectivity index is 2.44. The highest BCUT2D eigenvalue weighted by molar-refractivity contribution is 6.67. The molecule has 38 heavy (non-hydrogen) atoms. The fraction of sp³-hybridized carbons (Fsp3) is 0.333. The molecule has 0 aromatic heterocycles. The Morgan fingerprint density at radius 2 is 0.868 bits per heavy atom. The topological polar surface area (TPSA) is 35.2 Å². The van der Waals surface area contributed by atoms with E-state index in [1.165, 1.54) is 0 Å². The fourth-order valence-corrected chi connectivity index (χ4v) is 4.96. The molecule has 2 unspecified atom stereocenters. The average Bonchev–Trinajstić information content (AvgIpc) is 2.83. The maximum absolute atomic E-state index is 6.85. The van der Waals surface area contributed by atoms with E-state index >= 15 is 0 Å². The van der Waals surface area contributed by atoms with Crippen LogP contribution in [0.15, 0.2) is 72.8 Å².